The molecule has 2 N–H and O–H groups in total. The molecule has 0 aliphatic heterocycles. The van der Waals surface area contributed by atoms with E-state index in [1.54, 1.807) is 19.1 Å². The molecule has 1 amide bonds. The molecule has 1 atom stereocenters. The zero-order chi connectivity index (χ0) is 19.7. The highest BCUT2D eigenvalue weighted by molar-refractivity contribution is 7.91. The maximum Gasteiger partial charge on any atom is 0.435 e. The van der Waals surface area contributed by atoms with E-state index in [1.165, 1.54) is 19.1 Å². The minimum absolute atomic E-state index is 0.0517. The Labute approximate surface area is 151 Å². The number of hydrogen-bond acceptors (Lipinski definition) is 6. The molecule has 6 nitrogen and oxygen atoms in total. The number of rotatable bonds is 5. The van der Waals surface area contributed by atoms with Crippen molar-refractivity contribution in [2.45, 2.75) is 30.8 Å². The Hall–Kier alpha value is -1.98. The van der Waals surface area contributed by atoms with Gasteiger partial charge in [0.2, 0.25) is 0 Å². The summed E-state index contributed by atoms with van der Waals surface area (Å²) >= 11 is 0.398. The summed E-state index contributed by atoms with van der Waals surface area (Å²) in [5.41, 5.74) is 0.551. The molecular formula is C15H15F3N2O4S2. The van der Waals surface area contributed by atoms with Crippen LogP contribution in [0.15, 0.2) is 29.2 Å². The lowest BCUT2D eigenvalue weighted by Crippen LogP contribution is -2.21. The number of alkyl halides is 3. The van der Waals surface area contributed by atoms with Gasteiger partial charge in [-0.15, -0.1) is 11.3 Å². The van der Waals surface area contributed by atoms with Crippen LogP contribution in [-0.4, -0.2) is 30.3 Å². The molecule has 0 unspecified atom stereocenters. The standard InChI is InChI=1S/C15H15F3N2O4S2/c1-8-3-5-10(6-4-8)26(23,24)7-9(2)14-19-12(15(16,17)18)11(25-14)13(21)20-22/h3-6,9,22H,7H2,1-2H3,(H,20,21)/t9-/m0/s1. The van der Waals surface area contributed by atoms with Crippen LogP contribution >= 0.6 is 11.3 Å². The molecule has 0 saturated heterocycles. The molecule has 142 valence electrons. The fraction of sp³-hybridized carbons (Fsp3) is 0.333. The Kier molecular flexibility index (Phi) is 5.73. The van der Waals surface area contributed by atoms with Crippen molar-refractivity contribution in [2.24, 2.45) is 0 Å². The molecular weight excluding hydrogens is 393 g/mol. The SMILES string of the molecule is Cc1ccc(S(=O)(=O)C[C@H](C)c2nc(C(F)(F)F)c(C(=O)NO)s2)cc1. The largest absolute Gasteiger partial charge is 0.435 e. The van der Waals surface area contributed by atoms with Crippen molar-refractivity contribution >= 4 is 27.1 Å². The molecule has 1 aromatic heterocycles. The first-order valence-corrected chi connectivity index (χ1v) is 9.74. The van der Waals surface area contributed by atoms with Gasteiger partial charge in [-0.25, -0.2) is 18.9 Å². The maximum absolute atomic E-state index is 13.0. The van der Waals surface area contributed by atoms with Crippen molar-refractivity contribution < 1.29 is 31.6 Å². The van der Waals surface area contributed by atoms with Gasteiger partial charge in [0.1, 0.15) is 4.88 Å². The van der Waals surface area contributed by atoms with E-state index in [0.717, 1.165) is 11.0 Å². The summed E-state index contributed by atoms with van der Waals surface area (Å²) in [4.78, 5) is 14.1. The molecule has 0 aliphatic carbocycles. The Balaban J connectivity index is 2.35. The van der Waals surface area contributed by atoms with Crippen LogP contribution < -0.4 is 5.48 Å². The summed E-state index contributed by atoms with van der Waals surface area (Å²) in [6.07, 6.45) is -4.91. The second-order valence-electron chi connectivity index (χ2n) is 5.66. The molecule has 0 aliphatic rings. The number of aromatic nitrogens is 1. The number of thiazole rings is 1. The molecule has 2 aromatic rings. The number of amides is 1. The molecule has 11 heteroatoms. The molecule has 1 aromatic carbocycles. The van der Waals surface area contributed by atoms with Crippen LogP contribution in [-0.2, 0) is 16.0 Å². The third kappa shape index (κ3) is 4.40. The predicted octanol–water partition coefficient (Wildman–Crippen LogP) is 3.17. The van der Waals surface area contributed by atoms with Crippen LogP contribution in [0, 0.1) is 6.92 Å². The number of halogens is 3. The van der Waals surface area contributed by atoms with Gasteiger partial charge < -0.3 is 0 Å². The highest BCUT2D eigenvalue weighted by atomic mass is 32.2. The van der Waals surface area contributed by atoms with E-state index in [4.69, 9.17) is 5.21 Å². The first-order valence-electron chi connectivity index (χ1n) is 7.27. The van der Waals surface area contributed by atoms with Gasteiger partial charge >= 0.3 is 6.18 Å². The van der Waals surface area contributed by atoms with E-state index in [1.807, 2.05) is 0 Å². The monoisotopic (exact) mass is 408 g/mol. The Bertz CT molecular complexity index is 906. The van der Waals surface area contributed by atoms with Crippen LogP contribution in [0.1, 0.15) is 38.8 Å². The summed E-state index contributed by atoms with van der Waals surface area (Å²) < 4.78 is 64.0. The van der Waals surface area contributed by atoms with Crippen molar-refractivity contribution in [3.8, 4) is 0 Å². The van der Waals surface area contributed by atoms with Gasteiger partial charge in [0.05, 0.1) is 15.7 Å². The van der Waals surface area contributed by atoms with Gasteiger partial charge in [-0.3, -0.25) is 10.0 Å². The van der Waals surface area contributed by atoms with Crippen LogP contribution in [0.4, 0.5) is 13.2 Å². The average molecular weight is 408 g/mol. The lowest BCUT2D eigenvalue weighted by molar-refractivity contribution is -0.141. The number of carbonyl (C=O) groups is 1. The van der Waals surface area contributed by atoms with E-state index >= 15 is 0 Å². The summed E-state index contributed by atoms with van der Waals surface area (Å²) in [5.74, 6) is -2.71. The van der Waals surface area contributed by atoms with Crippen molar-refractivity contribution in [2.75, 3.05) is 5.75 Å². The quantitative estimate of drug-likeness (QED) is 0.585. The smallest absolute Gasteiger partial charge is 0.288 e. The van der Waals surface area contributed by atoms with Gasteiger partial charge in [-0.2, -0.15) is 13.2 Å². The fourth-order valence-electron chi connectivity index (χ4n) is 2.19. The van der Waals surface area contributed by atoms with Crippen molar-refractivity contribution in [1.82, 2.24) is 10.5 Å². The Morgan fingerprint density at radius 1 is 1.31 bits per heavy atom. The van der Waals surface area contributed by atoms with E-state index in [-0.39, 0.29) is 9.90 Å². The van der Waals surface area contributed by atoms with Gasteiger partial charge in [0.25, 0.3) is 5.91 Å². The van der Waals surface area contributed by atoms with Crippen molar-refractivity contribution in [3.63, 3.8) is 0 Å². The number of sulfone groups is 1. The van der Waals surface area contributed by atoms with Crippen molar-refractivity contribution in [1.29, 1.82) is 0 Å². The summed E-state index contributed by atoms with van der Waals surface area (Å²) in [7, 11) is -3.75. The number of nitrogens with one attached hydrogen (secondary N) is 1. The van der Waals surface area contributed by atoms with E-state index < -0.39 is 44.2 Å². The fourth-order valence-corrected chi connectivity index (χ4v) is 4.88. The zero-order valence-electron chi connectivity index (χ0n) is 13.7. The van der Waals surface area contributed by atoms with Crippen LogP contribution in [0.5, 0.6) is 0 Å². The number of nitrogens with zero attached hydrogens (tertiary/aromatic N) is 1. The van der Waals surface area contributed by atoms with E-state index in [9.17, 15) is 26.4 Å². The molecule has 0 fully saturated rings. The zero-order valence-corrected chi connectivity index (χ0v) is 15.3. The second kappa shape index (κ2) is 7.33. The number of aryl methyl sites for hydroxylation is 1. The van der Waals surface area contributed by atoms with Crippen LogP contribution in [0.3, 0.4) is 0 Å². The summed E-state index contributed by atoms with van der Waals surface area (Å²) in [6, 6.07) is 6.08. The average Bonchev–Trinajstić information content (AvgIpc) is 3.00. The first kappa shape index (κ1) is 20.3. The molecule has 2 rings (SSSR count). The highest BCUT2D eigenvalue weighted by Crippen LogP contribution is 2.37. The van der Waals surface area contributed by atoms with Gasteiger partial charge in [0.15, 0.2) is 15.5 Å². The Morgan fingerprint density at radius 2 is 1.88 bits per heavy atom. The molecule has 0 bridgehead atoms. The molecule has 26 heavy (non-hydrogen) atoms. The van der Waals surface area contributed by atoms with Gasteiger partial charge in [-0.1, -0.05) is 24.6 Å². The molecule has 0 saturated carbocycles. The van der Waals surface area contributed by atoms with Crippen LogP contribution in [0.25, 0.3) is 0 Å². The maximum atomic E-state index is 13.0. The topological polar surface area (TPSA) is 96.4 Å². The highest BCUT2D eigenvalue weighted by Gasteiger charge is 2.40. The van der Waals surface area contributed by atoms with Crippen LogP contribution in [0.2, 0.25) is 0 Å². The Morgan fingerprint density at radius 3 is 2.38 bits per heavy atom. The minimum Gasteiger partial charge on any atom is -0.288 e. The van der Waals surface area contributed by atoms with Gasteiger partial charge in [0, 0.05) is 5.92 Å². The number of carbonyl (C=O) groups excluding carboxylic acids is 1. The minimum atomic E-state index is -4.91. The summed E-state index contributed by atoms with van der Waals surface area (Å²) in [6.45, 7) is 3.20. The number of hydroxylamine groups is 1. The lowest BCUT2D eigenvalue weighted by Gasteiger charge is -2.10. The van der Waals surface area contributed by atoms with Crippen molar-refractivity contribution in [3.05, 3.63) is 45.4 Å². The molecule has 0 radical (unpaired) electrons. The number of hydrogen-bond donors (Lipinski definition) is 2. The van der Waals surface area contributed by atoms with E-state index in [2.05, 4.69) is 4.98 Å². The van der Waals surface area contributed by atoms with E-state index in [0.29, 0.717) is 11.3 Å². The third-order valence-corrected chi connectivity index (χ3v) is 6.71. The van der Waals surface area contributed by atoms with Gasteiger partial charge in [-0.05, 0) is 19.1 Å². The predicted molar refractivity (Wildman–Crippen MR) is 88.0 cm³/mol. The summed E-state index contributed by atoms with van der Waals surface area (Å²) in [5, 5.41) is 8.44. The third-order valence-electron chi connectivity index (χ3n) is 3.49. The molecule has 0 spiro atoms. The lowest BCUT2D eigenvalue weighted by atomic mass is 10.2. The normalized spacial score (nSPS) is 13.5. The molecule has 1 heterocycles. The first-order chi connectivity index (χ1) is 12.0. The number of benzene rings is 1. The second-order valence-corrected chi connectivity index (χ2v) is 8.73.